The van der Waals surface area contributed by atoms with Gasteiger partial charge in [0.15, 0.2) is 5.16 Å². The normalized spacial score (nSPS) is 15.6. The van der Waals surface area contributed by atoms with E-state index in [4.69, 9.17) is 0 Å². The summed E-state index contributed by atoms with van der Waals surface area (Å²) in [6, 6.07) is 17.6. The van der Waals surface area contributed by atoms with E-state index in [-0.39, 0.29) is 23.3 Å². The molecule has 1 aromatic heterocycles. The molecule has 0 radical (unpaired) electrons. The molecular formula is C25H30N4O3S. The van der Waals surface area contributed by atoms with Crippen LogP contribution in [-0.2, 0) is 17.9 Å². The van der Waals surface area contributed by atoms with Crippen LogP contribution in [0.2, 0.25) is 0 Å². The smallest absolute Gasteiger partial charge is 0.262 e. The number of aliphatic hydroxyl groups is 1. The SMILES string of the molecule is C[C@@H](Sc1nc2ccccc2c(=O)n1CCCO)C(=O)N1CCN(Cc2ccccc2)CC1. The Kier molecular flexibility index (Phi) is 7.80. The molecule has 33 heavy (non-hydrogen) atoms. The fraction of sp³-hybridized carbons (Fsp3) is 0.400. The predicted molar refractivity (Wildman–Crippen MR) is 131 cm³/mol. The number of aliphatic hydroxyl groups excluding tert-OH is 1. The van der Waals surface area contributed by atoms with Crippen molar-refractivity contribution in [2.75, 3.05) is 32.8 Å². The lowest BCUT2D eigenvalue weighted by Gasteiger charge is -2.35. The number of aromatic nitrogens is 2. The van der Waals surface area contributed by atoms with E-state index in [1.165, 1.54) is 17.3 Å². The third kappa shape index (κ3) is 5.63. The summed E-state index contributed by atoms with van der Waals surface area (Å²) in [5, 5.41) is 9.98. The van der Waals surface area contributed by atoms with Gasteiger partial charge in [0.05, 0.1) is 16.2 Å². The van der Waals surface area contributed by atoms with Crippen molar-refractivity contribution in [3.05, 3.63) is 70.5 Å². The Morgan fingerprint density at radius 2 is 1.76 bits per heavy atom. The molecule has 0 aliphatic carbocycles. The summed E-state index contributed by atoms with van der Waals surface area (Å²) in [6.45, 7) is 6.20. The van der Waals surface area contributed by atoms with Crippen molar-refractivity contribution in [3.8, 4) is 0 Å². The highest BCUT2D eigenvalue weighted by Crippen LogP contribution is 2.24. The molecule has 2 heterocycles. The fourth-order valence-corrected chi connectivity index (χ4v) is 5.12. The number of hydrogen-bond donors (Lipinski definition) is 1. The first kappa shape index (κ1) is 23.5. The van der Waals surface area contributed by atoms with Crippen molar-refractivity contribution in [3.63, 3.8) is 0 Å². The summed E-state index contributed by atoms with van der Waals surface area (Å²) in [7, 11) is 0. The van der Waals surface area contributed by atoms with E-state index in [0.29, 0.717) is 42.1 Å². The molecule has 1 saturated heterocycles. The maximum Gasteiger partial charge on any atom is 0.262 e. The topological polar surface area (TPSA) is 78.7 Å². The van der Waals surface area contributed by atoms with Gasteiger partial charge in [0.2, 0.25) is 5.91 Å². The van der Waals surface area contributed by atoms with Crippen molar-refractivity contribution in [1.29, 1.82) is 0 Å². The summed E-state index contributed by atoms with van der Waals surface area (Å²) < 4.78 is 1.59. The molecule has 1 fully saturated rings. The Bertz CT molecular complexity index is 1140. The van der Waals surface area contributed by atoms with E-state index in [0.717, 1.165) is 19.6 Å². The number of piperazine rings is 1. The molecule has 1 atom stereocenters. The van der Waals surface area contributed by atoms with Gasteiger partial charge < -0.3 is 10.0 Å². The standard InChI is InChI=1S/C25H30N4O3S/c1-19(23(31)28-15-13-27(14-16-28)18-20-8-3-2-4-9-20)33-25-26-22-11-6-5-10-21(22)24(32)29(25)12-7-17-30/h2-6,8-11,19,30H,7,12-18H2,1H3/t19-/m1/s1. The van der Waals surface area contributed by atoms with Crippen LogP contribution in [0, 0.1) is 0 Å². The molecule has 0 spiro atoms. The lowest BCUT2D eigenvalue weighted by Crippen LogP contribution is -2.50. The van der Waals surface area contributed by atoms with Gasteiger partial charge in [-0.15, -0.1) is 0 Å². The van der Waals surface area contributed by atoms with E-state index < -0.39 is 0 Å². The number of para-hydroxylation sites is 1. The van der Waals surface area contributed by atoms with Crippen LogP contribution in [0.15, 0.2) is 64.5 Å². The van der Waals surface area contributed by atoms with E-state index in [1.54, 1.807) is 10.6 Å². The van der Waals surface area contributed by atoms with Crippen LogP contribution in [0.3, 0.4) is 0 Å². The lowest BCUT2D eigenvalue weighted by atomic mass is 10.2. The zero-order valence-corrected chi connectivity index (χ0v) is 19.7. The molecule has 7 nitrogen and oxygen atoms in total. The molecule has 0 saturated carbocycles. The molecule has 1 aliphatic heterocycles. The van der Waals surface area contributed by atoms with Crippen molar-refractivity contribution >= 4 is 28.6 Å². The molecule has 1 amide bonds. The number of benzene rings is 2. The summed E-state index contributed by atoms with van der Waals surface area (Å²) in [6.07, 6.45) is 0.458. The first-order valence-electron chi connectivity index (χ1n) is 11.4. The highest BCUT2D eigenvalue weighted by Gasteiger charge is 2.27. The Morgan fingerprint density at radius 1 is 1.06 bits per heavy atom. The van der Waals surface area contributed by atoms with Crippen molar-refractivity contribution in [2.45, 2.75) is 36.8 Å². The molecule has 4 rings (SSSR count). The second kappa shape index (κ2) is 11.0. The van der Waals surface area contributed by atoms with Crippen LogP contribution in [0.1, 0.15) is 18.9 Å². The molecule has 0 unspecified atom stereocenters. The van der Waals surface area contributed by atoms with Gasteiger partial charge in [-0.05, 0) is 31.0 Å². The molecule has 3 aromatic rings. The zero-order valence-electron chi connectivity index (χ0n) is 18.9. The fourth-order valence-electron chi connectivity index (χ4n) is 4.10. The number of rotatable bonds is 8. The first-order valence-corrected chi connectivity index (χ1v) is 12.3. The molecule has 0 bridgehead atoms. The second-order valence-corrected chi connectivity index (χ2v) is 9.60. The van der Waals surface area contributed by atoms with Gasteiger partial charge in [0.25, 0.3) is 5.56 Å². The summed E-state index contributed by atoms with van der Waals surface area (Å²) in [5.74, 6) is 0.0653. The van der Waals surface area contributed by atoms with Crippen molar-refractivity contribution in [1.82, 2.24) is 19.4 Å². The predicted octanol–water partition coefficient (Wildman–Crippen LogP) is 2.60. The zero-order chi connectivity index (χ0) is 23.2. The van der Waals surface area contributed by atoms with E-state index in [2.05, 4.69) is 34.1 Å². The monoisotopic (exact) mass is 466 g/mol. The Hall–Kier alpha value is -2.68. The molecule has 2 aromatic carbocycles. The summed E-state index contributed by atoms with van der Waals surface area (Å²) in [5.41, 5.74) is 1.77. The van der Waals surface area contributed by atoms with Gasteiger partial charge in [0.1, 0.15) is 0 Å². The molecule has 1 aliphatic rings. The average molecular weight is 467 g/mol. The maximum atomic E-state index is 13.2. The molecule has 8 heteroatoms. The third-order valence-electron chi connectivity index (χ3n) is 5.93. The Labute approximate surface area is 198 Å². The number of carbonyl (C=O) groups excluding carboxylic acids is 1. The third-order valence-corrected chi connectivity index (χ3v) is 7.01. The molecule has 1 N–H and O–H groups in total. The number of fused-ring (bicyclic) bond motifs is 1. The Morgan fingerprint density at radius 3 is 2.48 bits per heavy atom. The van der Waals surface area contributed by atoms with E-state index in [1.807, 2.05) is 36.1 Å². The average Bonchev–Trinajstić information content (AvgIpc) is 2.84. The molecular weight excluding hydrogens is 436 g/mol. The number of amides is 1. The number of nitrogens with zero attached hydrogens (tertiary/aromatic N) is 4. The van der Waals surface area contributed by atoms with Crippen LogP contribution in [0.25, 0.3) is 10.9 Å². The summed E-state index contributed by atoms with van der Waals surface area (Å²) >= 11 is 1.32. The highest BCUT2D eigenvalue weighted by atomic mass is 32.2. The minimum atomic E-state index is -0.362. The minimum Gasteiger partial charge on any atom is -0.396 e. The van der Waals surface area contributed by atoms with Crippen LogP contribution >= 0.6 is 11.8 Å². The van der Waals surface area contributed by atoms with E-state index in [9.17, 15) is 14.7 Å². The van der Waals surface area contributed by atoms with Gasteiger partial charge >= 0.3 is 0 Å². The Balaban J connectivity index is 1.43. The van der Waals surface area contributed by atoms with Gasteiger partial charge in [0, 0.05) is 45.9 Å². The van der Waals surface area contributed by atoms with Crippen LogP contribution in [0.4, 0.5) is 0 Å². The van der Waals surface area contributed by atoms with Crippen molar-refractivity contribution in [2.24, 2.45) is 0 Å². The first-order chi connectivity index (χ1) is 16.1. The largest absolute Gasteiger partial charge is 0.396 e. The second-order valence-electron chi connectivity index (χ2n) is 8.29. The highest BCUT2D eigenvalue weighted by molar-refractivity contribution is 8.00. The van der Waals surface area contributed by atoms with Gasteiger partial charge in [-0.1, -0.05) is 54.2 Å². The van der Waals surface area contributed by atoms with Crippen molar-refractivity contribution < 1.29 is 9.90 Å². The number of hydrogen-bond acceptors (Lipinski definition) is 6. The van der Waals surface area contributed by atoms with Crippen LogP contribution in [-0.4, -0.2) is 68.4 Å². The van der Waals surface area contributed by atoms with Gasteiger partial charge in [-0.2, -0.15) is 0 Å². The number of carbonyl (C=O) groups is 1. The lowest BCUT2D eigenvalue weighted by molar-refractivity contribution is -0.132. The van der Waals surface area contributed by atoms with E-state index >= 15 is 0 Å². The number of thioether (sulfide) groups is 1. The summed E-state index contributed by atoms with van der Waals surface area (Å²) in [4.78, 5) is 35.2. The van der Waals surface area contributed by atoms with Gasteiger partial charge in [-0.25, -0.2) is 4.98 Å². The van der Waals surface area contributed by atoms with Gasteiger partial charge in [-0.3, -0.25) is 19.1 Å². The minimum absolute atomic E-state index is 0.00881. The van der Waals surface area contributed by atoms with Crippen LogP contribution in [0.5, 0.6) is 0 Å². The maximum absolute atomic E-state index is 13.2. The quantitative estimate of drug-likeness (QED) is 0.406. The van der Waals surface area contributed by atoms with Crippen LogP contribution < -0.4 is 5.56 Å². The molecule has 174 valence electrons.